The summed E-state index contributed by atoms with van der Waals surface area (Å²) in [5, 5.41) is 14.3. The van der Waals surface area contributed by atoms with Gasteiger partial charge in [-0.1, -0.05) is 103 Å². The monoisotopic (exact) mass is 547 g/mol. The summed E-state index contributed by atoms with van der Waals surface area (Å²) in [6, 6.07) is 51.7. The summed E-state index contributed by atoms with van der Waals surface area (Å²) in [6.45, 7) is 0. The smallest absolute Gasteiger partial charge is 0.101 e. The van der Waals surface area contributed by atoms with E-state index in [2.05, 4.69) is 149 Å². The van der Waals surface area contributed by atoms with Gasteiger partial charge in [-0.2, -0.15) is 5.26 Å². The highest BCUT2D eigenvalue weighted by molar-refractivity contribution is 6.24. The molecule has 200 valence electrons. The van der Waals surface area contributed by atoms with Crippen LogP contribution in [-0.4, -0.2) is 9.55 Å². The first-order chi connectivity index (χ1) is 21.3. The summed E-state index contributed by atoms with van der Waals surface area (Å²) in [5.41, 5.74) is 10.7. The number of para-hydroxylation sites is 1. The molecule has 0 radical (unpaired) electrons. The van der Waals surface area contributed by atoms with Crippen molar-refractivity contribution in [2.75, 3.05) is 0 Å². The van der Waals surface area contributed by atoms with Gasteiger partial charge in [0.1, 0.15) is 6.07 Å². The van der Waals surface area contributed by atoms with Gasteiger partial charge in [-0.05, 0) is 75.0 Å². The lowest BCUT2D eigenvalue weighted by Gasteiger charge is -2.13. The number of nitrogens with zero attached hydrogens (tertiary/aromatic N) is 3. The van der Waals surface area contributed by atoms with Crippen molar-refractivity contribution in [2.24, 2.45) is 0 Å². The van der Waals surface area contributed by atoms with Crippen molar-refractivity contribution in [3.63, 3.8) is 0 Å². The summed E-state index contributed by atoms with van der Waals surface area (Å²) in [7, 11) is 0. The van der Waals surface area contributed by atoms with Gasteiger partial charge in [-0.25, -0.2) is 0 Å². The molecule has 3 nitrogen and oxygen atoms in total. The number of hydrogen-bond donors (Lipinski definition) is 0. The van der Waals surface area contributed by atoms with Gasteiger partial charge < -0.3 is 4.57 Å². The molecular weight excluding hydrogens is 522 g/mol. The molecule has 0 aliphatic carbocycles. The van der Waals surface area contributed by atoms with Crippen LogP contribution in [0.5, 0.6) is 0 Å². The molecule has 0 N–H and O–H groups in total. The van der Waals surface area contributed by atoms with Crippen LogP contribution in [0.1, 0.15) is 5.56 Å². The number of rotatable bonds is 4. The third-order valence-corrected chi connectivity index (χ3v) is 8.27. The molecule has 6 aromatic carbocycles. The molecule has 2 heterocycles. The van der Waals surface area contributed by atoms with Crippen LogP contribution in [0.2, 0.25) is 0 Å². The summed E-state index contributed by atoms with van der Waals surface area (Å²) in [6.07, 6.45) is 3.42. The maximum absolute atomic E-state index is 9.43. The lowest BCUT2D eigenvalue weighted by Crippen LogP contribution is -1.94. The highest BCUT2D eigenvalue weighted by Crippen LogP contribution is 2.42. The Morgan fingerprint density at radius 1 is 0.488 bits per heavy atom. The van der Waals surface area contributed by atoms with E-state index in [4.69, 9.17) is 0 Å². The molecule has 8 rings (SSSR count). The number of aromatic nitrogens is 2. The molecule has 3 heteroatoms. The van der Waals surface area contributed by atoms with Crippen LogP contribution in [0.3, 0.4) is 0 Å². The van der Waals surface area contributed by atoms with E-state index >= 15 is 0 Å². The fraction of sp³-hybridized carbons (Fsp3) is 0. The van der Waals surface area contributed by atoms with Gasteiger partial charge in [-0.15, -0.1) is 0 Å². The molecule has 0 saturated carbocycles. The average Bonchev–Trinajstić information content (AvgIpc) is 3.42. The highest BCUT2D eigenvalue weighted by atomic mass is 15.0. The van der Waals surface area contributed by atoms with Crippen molar-refractivity contribution in [2.45, 2.75) is 0 Å². The molecule has 43 heavy (non-hydrogen) atoms. The third-order valence-electron chi connectivity index (χ3n) is 8.27. The lowest BCUT2D eigenvalue weighted by molar-refractivity contribution is 1.18. The van der Waals surface area contributed by atoms with E-state index in [1.54, 1.807) is 6.20 Å². The van der Waals surface area contributed by atoms with Gasteiger partial charge in [0, 0.05) is 34.4 Å². The normalized spacial score (nSPS) is 11.2. The second-order valence-corrected chi connectivity index (χ2v) is 10.8. The van der Waals surface area contributed by atoms with E-state index in [-0.39, 0.29) is 0 Å². The van der Waals surface area contributed by atoms with Crippen LogP contribution in [0.15, 0.2) is 152 Å². The molecular formula is C40H25N3. The van der Waals surface area contributed by atoms with Crippen LogP contribution in [0, 0.1) is 11.3 Å². The Balaban J connectivity index is 1.45. The molecule has 0 spiro atoms. The van der Waals surface area contributed by atoms with Gasteiger partial charge in [0.05, 0.1) is 16.6 Å². The minimum Gasteiger partial charge on any atom is -0.309 e. The standard InChI is InChI=1S/C40H25N3/c41-24-27-20-32(26-42-25-27)29-12-9-13-31(21-29)37-23-39-40(35-17-8-7-16-34(35)37)36-19-18-30(28-10-3-1-4-11-28)22-38(36)43(39)33-14-5-2-6-15-33/h1-23,25-26H. The van der Waals surface area contributed by atoms with Crippen LogP contribution in [-0.2, 0) is 0 Å². The second kappa shape index (κ2) is 10.1. The van der Waals surface area contributed by atoms with Gasteiger partial charge in [0.25, 0.3) is 0 Å². The van der Waals surface area contributed by atoms with Crippen LogP contribution in [0.25, 0.3) is 71.6 Å². The number of nitriles is 1. The summed E-state index contributed by atoms with van der Waals surface area (Å²) < 4.78 is 2.40. The Kier molecular flexibility index (Phi) is 5.84. The maximum Gasteiger partial charge on any atom is 0.101 e. The van der Waals surface area contributed by atoms with Gasteiger partial charge >= 0.3 is 0 Å². The first-order valence-corrected chi connectivity index (χ1v) is 14.4. The largest absolute Gasteiger partial charge is 0.309 e. The fourth-order valence-electron chi connectivity index (χ4n) is 6.31. The van der Waals surface area contributed by atoms with E-state index in [0.29, 0.717) is 5.56 Å². The molecule has 0 atom stereocenters. The molecule has 0 aliphatic heterocycles. The molecule has 0 unspecified atom stereocenters. The van der Waals surface area contributed by atoms with Crippen molar-refractivity contribution < 1.29 is 0 Å². The van der Waals surface area contributed by atoms with Crippen molar-refractivity contribution in [3.8, 4) is 45.1 Å². The van der Waals surface area contributed by atoms with Gasteiger partial charge in [-0.3, -0.25) is 4.98 Å². The predicted molar refractivity (Wildman–Crippen MR) is 177 cm³/mol. The topological polar surface area (TPSA) is 41.6 Å². The van der Waals surface area contributed by atoms with E-state index < -0.39 is 0 Å². The van der Waals surface area contributed by atoms with Crippen LogP contribution < -0.4 is 0 Å². The number of benzene rings is 6. The molecule has 8 aromatic rings. The number of fused-ring (bicyclic) bond motifs is 5. The van der Waals surface area contributed by atoms with Crippen molar-refractivity contribution >= 4 is 32.6 Å². The quantitative estimate of drug-likeness (QED) is 0.220. The number of pyridine rings is 1. The molecule has 2 aromatic heterocycles. The summed E-state index contributed by atoms with van der Waals surface area (Å²) in [4.78, 5) is 4.30. The zero-order valence-corrected chi connectivity index (χ0v) is 23.3. The third kappa shape index (κ3) is 4.17. The van der Waals surface area contributed by atoms with Crippen molar-refractivity contribution in [1.82, 2.24) is 9.55 Å². The molecule has 0 bridgehead atoms. The van der Waals surface area contributed by atoms with E-state index in [1.165, 1.54) is 43.7 Å². The molecule has 0 amide bonds. The fourth-order valence-corrected chi connectivity index (χ4v) is 6.31. The first-order valence-electron chi connectivity index (χ1n) is 14.4. The Morgan fingerprint density at radius 3 is 2.00 bits per heavy atom. The predicted octanol–water partition coefficient (Wildman–Crippen LogP) is 10.2. The Labute approximate surface area is 249 Å². The highest BCUT2D eigenvalue weighted by Gasteiger charge is 2.19. The first kappa shape index (κ1) is 24.8. The zero-order chi connectivity index (χ0) is 28.8. The Bertz CT molecular complexity index is 2340. The van der Waals surface area contributed by atoms with Gasteiger partial charge in [0.2, 0.25) is 0 Å². The second-order valence-electron chi connectivity index (χ2n) is 10.8. The molecule has 0 aliphatic rings. The summed E-state index contributed by atoms with van der Waals surface area (Å²) in [5.74, 6) is 0. The lowest BCUT2D eigenvalue weighted by atomic mass is 9.93. The summed E-state index contributed by atoms with van der Waals surface area (Å²) >= 11 is 0. The van der Waals surface area contributed by atoms with Crippen LogP contribution in [0.4, 0.5) is 0 Å². The Morgan fingerprint density at radius 2 is 1.19 bits per heavy atom. The SMILES string of the molecule is N#Cc1cncc(-c2cccc(-c3cc4c(c5ccccc35)c3ccc(-c5ccccc5)cc3n4-c3ccccc3)c2)c1. The minimum atomic E-state index is 0.553. The average molecular weight is 548 g/mol. The van der Waals surface area contributed by atoms with Crippen molar-refractivity contribution in [1.29, 1.82) is 5.26 Å². The molecule has 0 fully saturated rings. The molecule has 0 saturated heterocycles. The van der Waals surface area contributed by atoms with Gasteiger partial charge in [0.15, 0.2) is 0 Å². The minimum absolute atomic E-state index is 0.553. The zero-order valence-electron chi connectivity index (χ0n) is 23.3. The van der Waals surface area contributed by atoms with E-state index in [0.717, 1.165) is 27.9 Å². The number of hydrogen-bond acceptors (Lipinski definition) is 2. The van der Waals surface area contributed by atoms with Crippen LogP contribution >= 0.6 is 0 Å². The Hall–Kier alpha value is -5.98. The van der Waals surface area contributed by atoms with Crippen molar-refractivity contribution in [3.05, 3.63) is 157 Å². The maximum atomic E-state index is 9.43. The van der Waals surface area contributed by atoms with E-state index in [9.17, 15) is 5.26 Å². The van der Waals surface area contributed by atoms with E-state index in [1.807, 2.05) is 12.3 Å².